The highest BCUT2D eigenvalue weighted by molar-refractivity contribution is 7.99. The Bertz CT molecular complexity index is 1230. The minimum Gasteiger partial charge on any atom is -0.494 e. The van der Waals surface area contributed by atoms with E-state index in [4.69, 9.17) is 4.74 Å². The molecule has 0 aliphatic heterocycles. The first-order valence-corrected chi connectivity index (χ1v) is 12.2. The maximum Gasteiger partial charge on any atom is 0.250 e. The lowest BCUT2D eigenvalue weighted by Crippen LogP contribution is -2.19. The molecule has 33 heavy (non-hydrogen) atoms. The van der Waals surface area contributed by atoms with Crippen LogP contribution >= 0.6 is 23.1 Å². The van der Waals surface area contributed by atoms with Crippen molar-refractivity contribution in [2.24, 2.45) is 5.10 Å². The molecule has 0 aliphatic rings. The highest BCUT2D eigenvalue weighted by atomic mass is 32.2. The molecular weight excluding hydrogens is 454 g/mol. The molecule has 2 aromatic heterocycles. The van der Waals surface area contributed by atoms with Gasteiger partial charge in [0.25, 0.3) is 5.91 Å². The number of ether oxygens (including phenoxy) is 1. The van der Waals surface area contributed by atoms with Crippen LogP contribution in [0.5, 0.6) is 5.75 Å². The van der Waals surface area contributed by atoms with E-state index in [1.165, 1.54) is 16.6 Å². The number of aromatic nitrogens is 3. The summed E-state index contributed by atoms with van der Waals surface area (Å²) in [6.45, 7) is 4.58. The molecule has 7 nitrogen and oxygen atoms in total. The largest absolute Gasteiger partial charge is 0.494 e. The Morgan fingerprint density at radius 2 is 1.91 bits per heavy atom. The van der Waals surface area contributed by atoms with E-state index in [0.29, 0.717) is 17.6 Å². The summed E-state index contributed by atoms with van der Waals surface area (Å²) < 4.78 is 7.51. The van der Waals surface area contributed by atoms with Crippen LogP contribution in [0.1, 0.15) is 16.7 Å². The third kappa shape index (κ3) is 5.88. The fraction of sp³-hybridized carbons (Fsp3) is 0.167. The van der Waals surface area contributed by atoms with Crippen LogP contribution in [0.3, 0.4) is 0 Å². The predicted octanol–water partition coefficient (Wildman–Crippen LogP) is 4.95. The summed E-state index contributed by atoms with van der Waals surface area (Å²) in [4.78, 5) is 14.5. The summed E-state index contributed by atoms with van der Waals surface area (Å²) in [5, 5.41) is 13.4. The van der Waals surface area contributed by atoms with Crippen molar-refractivity contribution in [3.8, 4) is 22.8 Å². The van der Waals surface area contributed by atoms with Crippen LogP contribution < -0.4 is 10.2 Å². The Balaban J connectivity index is 1.52. The van der Waals surface area contributed by atoms with Crippen molar-refractivity contribution in [3.05, 3.63) is 76.5 Å². The van der Waals surface area contributed by atoms with Gasteiger partial charge in [-0.25, -0.2) is 5.43 Å². The van der Waals surface area contributed by atoms with E-state index < -0.39 is 0 Å². The third-order valence-corrected chi connectivity index (χ3v) is 6.41. The monoisotopic (exact) mass is 477 g/mol. The van der Waals surface area contributed by atoms with Crippen molar-refractivity contribution < 1.29 is 9.53 Å². The van der Waals surface area contributed by atoms with Gasteiger partial charge in [-0.05, 0) is 50.2 Å². The molecule has 4 rings (SSSR count). The maximum atomic E-state index is 12.3. The summed E-state index contributed by atoms with van der Waals surface area (Å²) in [5.41, 5.74) is 4.39. The highest BCUT2D eigenvalue weighted by Crippen LogP contribution is 2.28. The lowest BCUT2D eigenvalue weighted by molar-refractivity contribution is -0.118. The average Bonchev–Trinajstić information content (AvgIpc) is 3.45. The van der Waals surface area contributed by atoms with E-state index in [1.807, 2.05) is 85.1 Å². The highest BCUT2D eigenvalue weighted by Gasteiger charge is 2.17. The Hall–Kier alpha value is -3.43. The van der Waals surface area contributed by atoms with E-state index in [9.17, 15) is 4.79 Å². The topological polar surface area (TPSA) is 81.4 Å². The standard InChI is InChI=1S/C24H23N5O2S2/c1-3-31-20-12-10-19(11-13-20)29-23(18-7-5-4-6-8-18)27-28-24(29)32-16-22(30)26-25-15-21-14-9-17(2)33-21/h4-15H,3,16H2,1-2H3,(H,26,30). The smallest absolute Gasteiger partial charge is 0.250 e. The number of hydrogen-bond acceptors (Lipinski definition) is 7. The Labute approximate surface area is 200 Å². The molecule has 1 amide bonds. The second-order valence-electron chi connectivity index (χ2n) is 6.96. The first-order valence-electron chi connectivity index (χ1n) is 10.4. The lowest BCUT2D eigenvalue weighted by atomic mass is 10.2. The van der Waals surface area contributed by atoms with Gasteiger partial charge in [-0.15, -0.1) is 21.5 Å². The van der Waals surface area contributed by atoms with Gasteiger partial charge in [0.15, 0.2) is 11.0 Å². The molecule has 0 saturated carbocycles. The predicted molar refractivity (Wildman–Crippen MR) is 133 cm³/mol. The Morgan fingerprint density at radius 1 is 1.12 bits per heavy atom. The van der Waals surface area contributed by atoms with Gasteiger partial charge >= 0.3 is 0 Å². The van der Waals surface area contributed by atoms with Gasteiger partial charge in [-0.1, -0.05) is 42.1 Å². The lowest BCUT2D eigenvalue weighted by Gasteiger charge is -2.11. The van der Waals surface area contributed by atoms with Gasteiger partial charge < -0.3 is 4.74 Å². The molecule has 0 aliphatic carbocycles. The number of amides is 1. The fourth-order valence-corrected chi connectivity index (χ4v) is 4.58. The van der Waals surface area contributed by atoms with E-state index in [2.05, 4.69) is 20.7 Å². The van der Waals surface area contributed by atoms with Crippen LogP contribution in [-0.2, 0) is 4.79 Å². The summed E-state index contributed by atoms with van der Waals surface area (Å²) in [7, 11) is 0. The van der Waals surface area contributed by atoms with Gasteiger partial charge in [-0.3, -0.25) is 9.36 Å². The number of nitrogens with zero attached hydrogens (tertiary/aromatic N) is 4. The molecule has 0 unspecified atom stereocenters. The van der Waals surface area contributed by atoms with E-state index >= 15 is 0 Å². The zero-order valence-corrected chi connectivity index (χ0v) is 19.9. The summed E-state index contributed by atoms with van der Waals surface area (Å²) in [6, 6.07) is 21.6. The molecular formula is C24H23N5O2S2. The van der Waals surface area contributed by atoms with E-state index in [-0.39, 0.29) is 11.7 Å². The number of thioether (sulfide) groups is 1. The number of carbonyl (C=O) groups excluding carboxylic acids is 1. The molecule has 0 spiro atoms. The number of carbonyl (C=O) groups is 1. The van der Waals surface area contributed by atoms with Gasteiger partial charge in [0.2, 0.25) is 0 Å². The average molecular weight is 478 g/mol. The molecule has 4 aromatic rings. The van der Waals surface area contributed by atoms with Crippen LogP contribution in [0, 0.1) is 6.92 Å². The van der Waals surface area contributed by atoms with Crippen molar-refractivity contribution in [1.29, 1.82) is 0 Å². The van der Waals surface area contributed by atoms with Crippen molar-refractivity contribution in [1.82, 2.24) is 20.2 Å². The minimum absolute atomic E-state index is 0.158. The molecule has 2 aromatic carbocycles. The summed E-state index contributed by atoms with van der Waals surface area (Å²) >= 11 is 2.92. The molecule has 168 valence electrons. The Kier molecular flexibility index (Phi) is 7.54. The number of rotatable bonds is 9. The number of thiophene rings is 1. The van der Waals surface area contributed by atoms with Crippen LogP contribution in [-0.4, -0.2) is 39.2 Å². The van der Waals surface area contributed by atoms with Gasteiger partial charge in [0.05, 0.1) is 18.6 Å². The number of hydrazone groups is 1. The van der Waals surface area contributed by atoms with E-state index in [0.717, 1.165) is 21.9 Å². The van der Waals surface area contributed by atoms with Gasteiger partial charge in [0, 0.05) is 21.0 Å². The van der Waals surface area contributed by atoms with Crippen molar-refractivity contribution >= 4 is 35.2 Å². The fourth-order valence-electron chi connectivity index (χ4n) is 3.08. The molecule has 1 N–H and O–H groups in total. The molecule has 0 fully saturated rings. The SMILES string of the molecule is CCOc1ccc(-n2c(SCC(=O)NN=Cc3ccc(C)s3)nnc2-c2ccccc2)cc1. The number of nitrogens with one attached hydrogen (secondary N) is 1. The van der Waals surface area contributed by atoms with Gasteiger partial charge in [-0.2, -0.15) is 5.10 Å². The minimum atomic E-state index is -0.216. The number of hydrogen-bond donors (Lipinski definition) is 1. The molecule has 9 heteroatoms. The number of aryl methyl sites for hydroxylation is 1. The van der Waals surface area contributed by atoms with Crippen molar-refractivity contribution in [2.45, 2.75) is 19.0 Å². The zero-order valence-electron chi connectivity index (χ0n) is 18.3. The molecule has 0 bridgehead atoms. The van der Waals surface area contributed by atoms with Gasteiger partial charge in [0.1, 0.15) is 5.75 Å². The van der Waals surface area contributed by atoms with Crippen LogP contribution in [0.4, 0.5) is 0 Å². The normalized spacial score (nSPS) is 11.1. The summed E-state index contributed by atoms with van der Waals surface area (Å²) in [5.74, 6) is 1.44. The molecule has 2 heterocycles. The second kappa shape index (κ2) is 10.9. The van der Waals surface area contributed by atoms with Crippen molar-refractivity contribution in [3.63, 3.8) is 0 Å². The van der Waals surface area contributed by atoms with Crippen LogP contribution in [0.25, 0.3) is 17.1 Å². The first-order chi connectivity index (χ1) is 16.1. The maximum absolute atomic E-state index is 12.3. The molecule has 0 saturated heterocycles. The van der Waals surface area contributed by atoms with Crippen LogP contribution in [0.2, 0.25) is 0 Å². The second-order valence-corrected chi connectivity index (χ2v) is 9.23. The van der Waals surface area contributed by atoms with Crippen LogP contribution in [0.15, 0.2) is 77.0 Å². The third-order valence-electron chi connectivity index (χ3n) is 4.55. The van der Waals surface area contributed by atoms with E-state index in [1.54, 1.807) is 17.6 Å². The van der Waals surface area contributed by atoms with Crippen molar-refractivity contribution in [2.75, 3.05) is 12.4 Å². The zero-order chi connectivity index (χ0) is 23.0. The molecule has 0 atom stereocenters. The first kappa shape index (κ1) is 22.8. The molecule has 0 radical (unpaired) electrons. The summed E-state index contributed by atoms with van der Waals surface area (Å²) in [6.07, 6.45) is 1.65. The Morgan fingerprint density at radius 3 is 2.61 bits per heavy atom. The number of benzene rings is 2. The quantitative estimate of drug-likeness (QED) is 0.210.